The van der Waals surface area contributed by atoms with E-state index in [1.165, 1.54) is 0 Å². The Morgan fingerprint density at radius 2 is 1.75 bits per heavy atom. The van der Waals surface area contributed by atoms with Gasteiger partial charge in [-0.25, -0.2) is 13.2 Å². The summed E-state index contributed by atoms with van der Waals surface area (Å²) in [7, 11) is 1.59. The van der Waals surface area contributed by atoms with Crippen LogP contribution in [0.1, 0.15) is 12.0 Å². The highest BCUT2D eigenvalue weighted by Gasteiger charge is 2.14. The molecule has 0 fully saturated rings. The van der Waals surface area contributed by atoms with E-state index in [1.807, 2.05) is 24.3 Å². The van der Waals surface area contributed by atoms with Crippen LogP contribution in [0.4, 0.5) is 18.9 Å². The van der Waals surface area contributed by atoms with E-state index < -0.39 is 23.4 Å². The van der Waals surface area contributed by atoms with E-state index in [2.05, 4.69) is 10.6 Å². The molecule has 0 aliphatic heterocycles. The second kappa shape index (κ2) is 8.35. The van der Waals surface area contributed by atoms with Crippen LogP contribution in [0.5, 0.6) is 5.75 Å². The van der Waals surface area contributed by atoms with Crippen molar-refractivity contribution in [2.75, 3.05) is 19.0 Å². The maximum Gasteiger partial charge on any atom is 0.225 e. The van der Waals surface area contributed by atoms with E-state index in [1.54, 1.807) is 7.11 Å². The van der Waals surface area contributed by atoms with Crippen LogP contribution in [0.25, 0.3) is 0 Å². The number of ether oxygens (including phenoxy) is 1. The Bertz CT molecular complexity index is 706. The first-order chi connectivity index (χ1) is 11.5. The van der Waals surface area contributed by atoms with Crippen LogP contribution in [0, 0.1) is 17.5 Å². The van der Waals surface area contributed by atoms with Gasteiger partial charge in [-0.15, -0.1) is 0 Å². The molecule has 0 saturated heterocycles. The number of carbonyl (C=O) groups excluding carboxylic acids is 1. The lowest BCUT2D eigenvalue weighted by Crippen LogP contribution is -2.22. The molecule has 0 atom stereocenters. The van der Waals surface area contributed by atoms with Gasteiger partial charge in [0.05, 0.1) is 12.8 Å². The molecule has 0 saturated carbocycles. The summed E-state index contributed by atoms with van der Waals surface area (Å²) in [6.07, 6.45) is 0.0641. The van der Waals surface area contributed by atoms with Gasteiger partial charge in [0.25, 0.3) is 0 Å². The molecule has 0 spiro atoms. The van der Waals surface area contributed by atoms with Crippen molar-refractivity contribution < 1.29 is 22.7 Å². The summed E-state index contributed by atoms with van der Waals surface area (Å²) in [4.78, 5) is 11.7. The van der Waals surface area contributed by atoms with Crippen LogP contribution in [0.2, 0.25) is 0 Å². The zero-order valence-corrected chi connectivity index (χ0v) is 13.0. The summed E-state index contributed by atoms with van der Waals surface area (Å²) in [5.41, 5.74) is 0.636. The highest BCUT2D eigenvalue weighted by molar-refractivity contribution is 5.90. The second-order valence-electron chi connectivity index (χ2n) is 5.05. The Morgan fingerprint density at radius 1 is 1.04 bits per heavy atom. The molecule has 0 heterocycles. The van der Waals surface area contributed by atoms with E-state index in [4.69, 9.17) is 4.74 Å². The third kappa shape index (κ3) is 4.73. The van der Waals surface area contributed by atoms with Gasteiger partial charge in [0.2, 0.25) is 5.91 Å². The maximum absolute atomic E-state index is 13.4. The minimum Gasteiger partial charge on any atom is -0.497 e. The fourth-order valence-electron chi connectivity index (χ4n) is 2.01. The minimum absolute atomic E-state index is 0.0641. The van der Waals surface area contributed by atoms with Gasteiger partial charge in [0, 0.05) is 19.5 Å². The molecule has 0 bridgehead atoms. The lowest BCUT2D eigenvalue weighted by atomic mass is 10.2. The van der Waals surface area contributed by atoms with E-state index in [0.29, 0.717) is 13.1 Å². The number of hydrogen-bond acceptors (Lipinski definition) is 3. The first-order valence-electron chi connectivity index (χ1n) is 7.28. The van der Waals surface area contributed by atoms with E-state index in [0.717, 1.165) is 23.4 Å². The van der Waals surface area contributed by atoms with Crippen LogP contribution in [-0.2, 0) is 11.3 Å². The lowest BCUT2D eigenvalue weighted by Gasteiger charge is -2.08. The number of nitrogens with one attached hydrogen (secondary N) is 2. The van der Waals surface area contributed by atoms with Gasteiger partial charge < -0.3 is 15.4 Å². The van der Waals surface area contributed by atoms with Gasteiger partial charge in [0.15, 0.2) is 17.5 Å². The Hall–Kier alpha value is -2.54. The van der Waals surface area contributed by atoms with Crippen LogP contribution >= 0.6 is 0 Å². The molecule has 2 aromatic carbocycles. The van der Waals surface area contributed by atoms with Gasteiger partial charge in [-0.1, -0.05) is 12.1 Å². The summed E-state index contributed by atoms with van der Waals surface area (Å²) in [5.74, 6) is -4.06. The normalized spacial score (nSPS) is 10.5. The molecule has 24 heavy (non-hydrogen) atoms. The topological polar surface area (TPSA) is 50.4 Å². The van der Waals surface area contributed by atoms with Crippen molar-refractivity contribution in [3.63, 3.8) is 0 Å². The second-order valence-corrected chi connectivity index (χ2v) is 5.05. The number of carbonyl (C=O) groups is 1. The molecule has 0 aliphatic rings. The molecule has 1 amide bonds. The number of amides is 1. The fraction of sp³-hybridized carbons (Fsp3) is 0.235. The molecule has 2 N–H and O–H groups in total. The summed E-state index contributed by atoms with van der Waals surface area (Å²) in [6.45, 7) is 0.903. The third-order valence-electron chi connectivity index (χ3n) is 3.33. The minimum atomic E-state index is -1.61. The largest absolute Gasteiger partial charge is 0.497 e. The van der Waals surface area contributed by atoms with E-state index in [-0.39, 0.29) is 12.1 Å². The van der Waals surface area contributed by atoms with E-state index >= 15 is 0 Å². The molecule has 0 aliphatic carbocycles. The predicted octanol–water partition coefficient (Wildman–Crippen LogP) is 3.23. The number of rotatable bonds is 7. The predicted molar refractivity (Wildman–Crippen MR) is 84.3 cm³/mol. The standard InChI is InChI=1S/C17H17F3N2O2/c1-24-12-4-2-11(3-5-12)10-21-9-8-15(23)22-14-7-6-13(18)16(19)17(14)20/h2-7,21H,8-10H2,1H3,(H,22,23). The SMILES string of the molecule is COc1ccc(CNCCC(=O)Nc2ccc(F)c(F)c2F)cc1. The Morgan fingerprint density at radius 3 is 2.42 bits per heavy atom. The summed E-state index contributed by atoms with van der Waals surface area (Å²) >= 11 is 0. The Labute approximate surface area is 137 Å². The molecular formula is C17H17F3N2O2. The van der Waals surface area contributed by atoms with Crippen molar-refractivity contribution in [2.24, 2.45) is 0 Å². The fourth-order valence-corrected chi connectivity index (χ4v) is 2.01. The van der Waals surface area contributed by atoms with Crippen molar-refractivity contribution in [3.05, 3.63) is 59.4 Å². The molecule has 2 aromatic rings. The first kappa shape index (κ1) is 17.8. The van der Waals surface area contributed by atoms with Crippen LogP contribution < -0.4 is 15.4 Å². The van der Waals surface area contributed by atoms with Gasteiger partial charge in [0.1, 0.15) is 5.75 Å². The zero-order valence-electron chi connectivity index (χ0n) is 13.0. The Kier molecular flexibility index (Phi) is 6.20. The maximum atomic E-state index is 13.4. The average Bonchev–Trinajstić information content (AvgIpc) is 2.60. The van der Waals surface area contributed by atoms with Crippen LogP contribution in [0.3, 0.4) is 0 Å². The van der Waals surface area contributed by atoms with Gasteiger partial charge >= 0.3 is 0 Å². The summed E-state index contributed by atoms with van der Waals surface area (Å²) in [5, 5.41) is 5.28. The number of halogens is 3. The number of benzene rings is 2. The molecular weight excluding hydrogens is 321 g/mol. The van der Waals surface area contributed by atoms with Crippen molar-refractivity contribution >= 4 is 11.6 Å². The molecule has 0 unspecified atom stereocenters. The smallest absolute Gasteiger partial charge is 0.225 e. The molecule has 0 aromatic heterocycles. The molecule has 4 nitrogen and oxygen atoms in total. The zero-order chi connectivity index (χ0) is 17.5. The van der Waals surface area contributed by atoms with Gasteiger partial charge in [-0.05, 0) is 29.8 Å². The van der Waals surface area contributed by atoms with Crippen molar-refractivity contribution in [3.8, 4) is 5.75 Å². The van der Waals surface area contributed by atoms with Crippen molar-refractivity contribution in [1.29, 1.82) is 0 Å². The number of hydrogen-bond donors (Lipinski definition) is 2. The highest BCUT2D eigenvalue weighted by atomic mass is 19.2. The lowest BCUT2D eigenvalue weighted by molar-refractivity contribution is -0.116. The Balaban J connectivity index is 1.76. The number of anilines is 1. The highest BCUT2D eigenvalue weighted by Crippen LogP contribution is 2.19. The van der Waals surface area contributed by atoms with Gasteiger partial charge in [-0.2, -0.15) is 0 Å². The van der Waals surface area contributed by atoms with E-state index in [9.17, 15) is 18.0 Å². The average molecular weight is 338 g/mol. The van der Waals surface area contributed by atoms with Crippen molar-refractivity contribution in [2.45, 2.75) is 13.0 Å². The van der Waals surface area contributed by atoms with Gasteiger partial charge in [-0.3, -0.25) is 4.79 Å². The first-order valence-corrected chi connectivity index (χ1v) is 7.28. The number of methoxy groups -OCH3 is 1. The molecule has 128 valence electrons. The molecule has 2 rings (SSSR count). The van der Waals surface area contributed by atoms with Crippen LogP contribution in [-0.4, -0.2) is 19.6 Å². The molecule has 0 radical (unpaired) electrons. The quantitative estimate of drug-likeness (QED) is 0.602. The summed E-state index contributed by atoms with van der Waals surface area (Å²) < 4.78 is 44.4. The third-order valence-corrected chi connectivity index (χ3v) is 3.33. The summed E-state index contributed by atoms with van der Waals surface area (Å²) in [6, 6.07) is 9.18. The van der Waals surface area contributed by atoms with Crippen molar-refractivity contribution in [1.82, 2.24) is 5.32 Å². The monoisotopic (exact) mass is 338 g/mol. The van der Waals surface area contributed by atoms with Crippen LogP contribution in [0.15, 0.2) is 36.4 Å². The molecule has 7 heteroatoms.